The van der Waals surface area contributed by atoms with Crippen LogP contribution in [0.25, 0.3) is 0 Å². The molecule has 0 aliphatic carbocycles. The molecule has 0 radical (unpaired) electrons. The zero-order valence-corrected chi connectivity index (χ0v) is 5.95. The molecule has 0 unspecified atom stereocenters. The Morgan fingerprint density at radius 3 is 2.09 bits per heavy atom. The largest absolute Gasteiger partial charge is 0.152 e. The number of nitrogens with zero attached hydrogens (tertiary/aromatic N) is 2. The van der Waals surface area contributed by atoms with Gasteiger partial charge in [0.15, 0.2) is 0 Å². The molecule has 0 aliphatic heterocycles. The Balaban J connectivity index is 0. The van der Waals surface area contributed by atoms with Crippen molar-refractivity contribution in [1.82, 2.24) is 0 Å². The smallest absolute Gasteiger partial charge is 0.00934 e. The van der Waals surface area contributed by atoms with Crippen molar-refractivity contribution in [2.24, 2.45) is 5.16 Å². The molecule has 0 aromatic carbocycles. The monoisotopic (exact) mass is 178 g/mol. The Morgan fingerprint density at radius 1 is 1.45 bits per heavy atom. The molecule has 1 N–H and O–H groups in total. The molecule has 1 aromatic rings. The predicted molar refractivity (Wildman–Crippen MR) is 47.4 cm³/mol. The molecule has 1 rings (SSSR count). The van der Waals surface area contributed by atoms with Gasteiger partial charge in [-0.3, -0.25) is 0 Å². The first-order valence-electron chi connectivity index (χ1n) is 2.44. The molecule has 0 amide bonds. The Labute approximate surface area is 91.3 Å². The van der Waals surface area contributed by atoms with Crippen LogP contribution < -0.4 is 0 Å². The first-order valence-corrected chi connectivity index (χ1v) is 3.38. The summed E-state index contributed by atoms with van der Waals surface area (Å²) in [6, 6.07) is 5.51. The fourth-order valence-corrected chi connectivity index (χ4v) is 0.706. The van der Waals surface area contributed by atoms with Crippen LogP contribution in [0.15, 0.2) is 28.0 Å². The zero-order chi connectivity index (χ0) is 7.66. The van der Waals surface area contributed by atoms with Gasteiger partial charge in [0.2, 0.25) is 0 Å². The molecule has 0 aliphatic rings. The molecule has 3 nitrogen and oxygen atoms in total. The van der Waals surface area contributed by atoms with Crippen molar-refractivity contribution in [3.63, 3.8) is 0 Å². The third-order valence-electron chi connectivity index (χ3n) is 0.541. The third-order valence-corrected chi connectivity index (χ3v) is 1.17. The summed E-state index contributed by atoms with van der Waals surface area (Å²) in [6.07, 6.45) is 0.736. The van der Waals surface area contributed by atoms with E-state index in [9.17, 15) is 0 Å². The van der Waals surface area contributed by atoms with E-state index < -0.39 is 0 Å². The minimum atomic E-state index is 0. The molecular weight excluding hydrogens is 171 g/mol. The summed E-state index contributed by atoms with van der Waals surface area (Å²) >= 11 is 1.71. The normalized spacial score (nSPS) is 7.18. The van der Waals surface area contributed by atoms with E-state index in [0.29, 0.717) is 0 Å². The van der Waals surface area contributed by atoms with Gasteiger partial charge in [0, 0.05) is 0 Å². The molecule has 5 heteroatoms. The van der Waals surface area contributed by atoms with Crippen LogP contribution in [0, 0.1) is 11.3 Å². The Bertz CT molecular complexity index is 188. The molecular formula is C6H7N2NaOS. The number of rotatable bonds is 0. The van der Waals surface area contributed by atoms with Crippen molar-refractivity contribution in [3.05, 3.63) is 22.9 Å². The van der Waals surface area contributed by atoms with Crippen molar-refractivity contribution in [2.75, 3.05) is 0 Å². The average Bonchev–Trinajstić information content (AvgIpc) is 2.44. The van der Waals surface area contributed by atoms with Crippen LogP contribution in [-0.4, -0.2) is 41.0 Å². The summed E-state index contributed by atoms with van der Waals surface area (Å²) < 4.78 is 0. The Kier molecular flexibility index (Phi) is 14.9. The number of hydrogen-bond donors (Lipinski definition) is 1. The molecule has 0 saturated heterocycles. The molecule has 54 valence electrons. The van der Waals surface area contributed by atoms with E-state index in [1.807, 2.05) is 22.9 Å². The molecule has 1 heterocycles. The van der Waals surface area contributed by atoms with Crippen LogP contribution in [0.5, 0.6) is 0 Å². The second-order valence-corrected chi connectivity index (χ2v) is 1.98. The van der Waals surface area contributed by atoms with Gasteiger partial charge in [0.05, 0.1) is 0 Å². The standard InChI is InChI=1S/C4H4S.C2H2N2O.Na.H/c1-2-4-5-3-1;3-1-2-4-5;;/h1-4H;2,5H;;. The number of oxime groups is 1. The molecule has 0 saturated carbocycles. The summed E-state index contributed by atoms with van der Waals surface area (Å²) in [5.41, 5.74) is 0. The van der Waals surface area contributed by atoms with Crippen LogP contribution >= 0.6 is 11.3 Å². The topological polar surface area (TPSA) is 56.4 Å². The fourth-order valence-electron chi connectivity index (χ4n) is 0.253. The van der Waals surface area contributed by atoms with E-state index in [1.165, 1.54) is 6.07 Å². The second-order valence-electron chi connectivity index (χ2n) is 1.17. The predicted octanol–water partition coefficient (Wildman–Crippen LogP) is 1.07. The van der Waals surface area contributed by atoms with Gasteiger partial charge in [-0.1, -0.05) is 17.3 Å². The minimum Gasteiger partial charge on any atom is -0.152 e. The van der Waals surface area contributed by atoms with Crippen molar-refractivity contribution >= 4 is 47.1 Å². The van der Waals surface area contributed by atoms with E-state index in [2.05, 4.69) is 5.16 Å². The van der Waals surface area contributed by atoms with Gasteiger partial charge in [-0.15, -0.1) is 0 Å². The van der Waals surface area contributed by atoms with Crippen molar-refractivity contribution < 1.29 is 5.21 Å². The summed E-state index contributed by atoms with van der Waals surface area (Å²) in [6.45, 7) is 0. The minimum absolute atomic E-state index is 0. The summed E-state index contributed by atoms with van der Waals surface area (Å²) in [7, 11) is 0. The molecule has 0 fully saturated rings. The maximum Gasteiger partial charge on any atom is -0.00934 e. The van der Waals surface area contributed by atoms with Gasteiger partial charge in [-0.2, -0.15) is 16.6 Å². The fraction of sp³-hybridized carbons (Fsp3) is 0. The first kappa shape index (κ1) is 13.3. The molecule has 11 heavy (non-hydrogen) atoms. The summed E-state index contributed by atoms with van der Waals surface area (Å²) in [4.78, 5) is 0. The molecule has 0 bridgehead atoms. The van der Waals surface area contributed by atoms with E-state index >= 15 is 0 Å². The number of thiophene rings is 1. The molecule has 0 spiro atoms. The maximum absolute atomic E-state index is 7.51. The quantitative estimate of drug-likeness (QED) is 0.279. The first-order chi connectivity index (χ1) is 4.91. The van der Waals surface area contributed by atoms with Crippen LogP contribution in [0.2, 0.25) is 0 Å². The Morgan fingerprint density at radius 2 is 2.00 bits per heavy atom. The van der Waals surface area contributed by atoms with Crippen LogP contribution in [0.4, 0.5) is 0 Å². The van der Waals surface area contributed by atoms with Gasteiger partial charge >= 0.3 is 29.6 Å². The van der Waals surface area contributed by atoms with Gasteiger partial charge in [-0.05, 0) is 10.8 Å². The number of nitriles is 1. The summed E-state index contributed by atoms with van der Waals surface area (Å²) in [5.74, 6) is 0. The average molecular weight is 178 g/mol. The maximum atomic E-state index is 7.51. The van der Waals surface area contributed by atoms with E-state index in [1.54, 1.807) is 11.3 Å². The molecule has 0 atom stereocenters. The third kappa shape index (κ3) is 12.8. The van der Waals surface area contributed by atoms with E-state index in [4.69, 9.17) is 10.5 Å². The van der Waals surface area contributed by atoms with E-state index in [-0.39, 0.29) is 29.6 Å². The van der Waals surface area contributed by atoms with Gasteiger partial charge in [0.25, 0.3) is 0 Å². The summed E-state index contributed by atoms with van der Waals surface area (Å²) in [5, 5.41) is 21.4. The van der Waals surface area contributed by atoms with Gasteiger partial charge < -0.3 is 5.21 Å². The van der Waals surface area contributed by atoms with Gasteiger partial charge in [-0.25, -0.2) is 0 Å². The van der Waals surface area contributed by atoms with Gasteiger partial charge in [0.1, 0.15) is 12.3 Å². The number of hydrogen-bond acceptors (Lipinski definition) is 4. The van der Waals surface area contributed by atoms with Crippen LogP contribution in [0.3, 0.4) is 0 Å². The Hall–Kier alpha value is -0.340. The van der Waals surface area contributed by atoms with Crippen molar-refractivity contribution in [3.8, 4) is 6.07 Å². The zero-order valence-electron chi connectivity index (χ0n) is 5.14. The van der Waals surface area contributed by atoms with Crippen LogP contribution in [0.1, 0.15) is 0 Å². The van der Waals surface area contributed by atoms with Crippen molar-refractivity contribution in [2.45, 2.75) is 0 Å². The second kappa shape index (κ2) is 12.3. The van der Waals surface area contributed by atoms with E-state index in [0.717, 1.165) is 6.21 Å². The van der Waals surface area contributed by atoms with Crippen LogP contribution in [-0.2, 0) is 0 Å². The molecule has 1 aromatic heterocycles. The van der Waals surface area contributed by atoms with Crippen molar-refractivity contribution in [1.29, 1.82) is 5.26 Å². The SMILES string of the molecule is N#CC=NO.[NaH].c1ccsc1.